The van der Waals surface area contributed by atoms with E-state index in [-0.39, 0.29) is 11.4 Å². The van der Waals surface area contributed by atoms with Crippen LogP contribution in [0.4, 0.5) is 0 Å². The number of aromatic nitrogens is 2. The molecule has 1 aromatic rings. The number of carboxylic acid groups (broad SMARTS) is 1. The highest BCUT2D eigenvalue weighted by molar-refractivity contribution is 5.86. The van der Waals surface area contributed by atoms with Gasteiger partial charge in [-0.15, -0.1) is 0 Å². The summed E-state index contributed by atoms with van der Waals surface area (Å²) in [6.45, 7) is 1.32. The van der Waals surface area contributed by atoms with E-state index < -0.39 is 5.97 Å². The van der Waals surface area contributed by atoms with E-state index in [9.17, 15) is 9.59 Å². The maximum atomic E-state index is 11.3. The van der Waals surface area contributed by atoms with Crippen molar-refractivity contribution < 1.29 is 14.6 Å². The highest BCUT2D eigenvalue weighted by Gasteiger charge is 2.20. The van der Waals surface area contributed by atoms with Crippen molar-refractivity contribution in [3.63, 3.8) is 0 Å². The van der Waals surface area contributed by atoms with Crippen molar-refractivity contribution in [2.24, 2.45) is 0 Å². The van der Waals surface area contributed by atoms with Crippen molar-refractivity contribution in [3.05, 3.63) is 21.9 Å². The molecule has 0 aromatic carbocycles. The first-order valence-electron chi connectivity index (χ1n) is 4.33. The number of aromatic carboxylic acids is 1. The van der Waals surface area contributed by atoms with Gasteiger partial charge in [-0.25, -0.2) is 9.59 Å². The van der Waals surface area contributed by atoms with Crippen molar-refractivity contribution in [1.29, 1.82) is 0 Å². The highest BCUT2D eigenvalue weighted by atomic mass is 16.5. The standard InChI is InChI=1S/C8H10N2O4/c11-7(12)6-5-1-3-14-4-2-10(5)8(13)9-6/h1-4H2,(H,9,13)(H,11,12). The quantitative estimate of drug-likeness (QED) is 0.634. The molecular weight excluding hydrogens is 188 g/mol. The first-order chi connectivity index (χ1) is 6.70. The fourth-order valence-electron chi connectivity index (χ4n) is 1.60. The summed E-state index contributed by atoms with van der Waals surface area (Å²) in [5.41, 5.74) is 0.142. The van der Waals surface area contributed by atoms with E-state index in [4.69, 9.17) is 9.84 Å². The SMILES string of the molecule is O=C(O)c1[nH]c(=O)n2c1CCOCC2. The lowest BCUT2D eigenvalue weighted by Crippen LogP contribution is -2.19. The van der Waals surface area contributed by atoms with Crippen molar-refractivity contribution in [2.45, 2.75) is 13.0 Å². The smallest absolute Gasteiger partial charge is 0.354 e. The molecule has 0 radical (unpaired) electrons. The molecule has 0 saturated heterocycles. The van der Waals surface area contributed by atoms with E-state index in [0.717, 1.165) is 0 Å². The Labute approximate surface area is 79.1 Å². The van der Waals surface area contributed by atoms with Gasteiger partial charge in [0.25, 0.3) is 0 Å². The van der Waals surface area contributed by atoms with Crippen molar-refractivity contribution in [3.8, 4) is 0 Å². The average Bonchev–Trinajstić information content (AvgIpc) is 2.38. The molecule has 1 aliphatic rings. The second-order valence-electron chi connectivity index (χ2n) is 3.07. The summed E-state index contributed by atoms with van der Waals surface area (Å²) in [6, 6.07) is 0. The first kappa shape index (κ1) is 9.01. The van der Waals surface area contributed by atoms with Gasteiger partial charge in [0.1, 0.15) is 5.69 Å². The Morgan fingerprint density at radius 3 is 3.00 bits per heavy atom. The molecule has 0 amide bonds. The number of hydrogen-bond donors (Lipinski definition) is 2. The molecule has 2 rings (SSSR count). The summed E-state index contributed by atoms with van der Waals surface area (Å²) >= 11 is 0. The molecular formula is C8H10N2O4. The Hall–Kier alpha value is -1.56. The van der Waals surface area contributed by atoms with Crippen LogP contribution in [0.25, 0.3) is 0 Å². The van der Waals surface area contributed by atoms with Gasteiger partial charge in [0.2, 0.25) is 0 Å². The van der Waals surface area contributed by atoms with E-state index in [1.807, 2.05) is 0 Å². The van der Waals surface area contributed by atoms with Crippen molar-refractivity contribution in [2.75, 3.05) is 13.2 Å². The Kier molecular flexibility index (Phi) is 2.12. The monoisotopic (exact) mass is 198 g/mol. The molecule has 0 unspecified atom stereocenters. The molecule has 0 spiro atoms. The van der Waals surface area contributed by atoms with Gasteiger partial charge in [0.15, 0.2) is 0 Å². The van der Waals surface area contributed by atoms with Crippen molar-refractivity contribution in [1.82, 2.24) is 9.55 Å². The summed E-state index contributed by atoms with van der Waals surface area (Å²) in [5.74, 6) is -1.10. The van der Waals surface area contributed by atoms with Crippen LogP contribution in [0.1, 0.15) is 16.2 Å². The van der Waals surface area contributed by atoms with Crippen LogP contribution in [-0.2, 0) is 17.7 Å². The summed E-state index contributed by atoms with van der Waals surface area (Å²) < 4.78 is 6.59. The largest absolute Gasteiger partial charge is 0.477 e. The Bertz CT molecular complexity index is 417. The van der Waals surface area contributed by atoms with Crippen LogP contribution in [0, 0.1) is 0 Å². The van der Waals surface area contributed by atoms with Crippen LogP contribution in [-0.4, -0.2) is 33.8 Å². The van der Waals surface area contributed by atoms with E-state index in [1.165, 1.54) is 4.57 Å². The molecule has 0 saturated carbocycles. The number of nitrogens with one attached hydrogen (secondary N) is 1. The number of aromatic amines is 1. The Morgan fingerprint density at radius 1 is 1.50 bits per heavy atom. The molecule has 0 fully saturated rings. The number of carboxylic acids is 1. The fourth-order valence-corrected chi connectivity index (χ4v) is 1.60. The van der Waals surface area contributed by atoms with Gasteiger partial charge in [0.05, 0.1) is 25.5 Å². The summed E-state index contributed by atoms with van der Waals surface area (Å²) in [6.07, 6.45) is 0.459. The van der Waals surface area contributed by atoms with E-state index in [2.05, 4.69) is 4.98 Å². The van der Waals surface area contributed by atoms with Gasteiger partial charge in [0, 0.05) is 6.42 Å². The molecule has 76 valence electrons. The minimum absolute atomic E-state index is 0.0134. The van der Waals surface area contributed by atoms with Crippen LogP contribution < -0.4 is 5.69 Å². The summed E-state index contributed by atoms with van der Waals surface area (Å²) in [5, 5.41) is 8.82. The molecule has 2 N–H and O–H groups in total. The van der Waals surface area contributed by atoms with Crippen LogP contribution >= 0.6 is 0 Å². The van der Waals surface area contributed by atoms with Crippen LogP contribution in [0.5, 0.6) is 0 Å². The third-order valence-corrected chi connectivity index (χ3v) is 2.25. The summed E-state index contributed by atoms with van der Waals surface area (Å²) in [7, 11) is 0. The number of rotatable bonds is 1. The number of fused-ring (bicyclic) bond motifs is 1. The lowest BCUT2D eigenvalue weighted by molar-refractivity contribution is 0.0689. The zero-order valence-electron chi connectivity index (χ0n) is 7.45. The van der Waals surface area contributed by atoms with Gasteiger partial charge in [-0.2, -0.15) is 0 Å². The second kappa shape index (κ2) is 3.30. The van der Waals surface area contributed by atoms with Gasteiger partial charge < -0.3 is 9.84 Å². The van der Waals surface area contributed by atoms with E-state index in [0.29, 0.717) is 31.9 Å². The lowest BCUT2D eigenvalue weighted by Gasteiger charge is -1.99. The minimum Gasteiger partial charge on any atom is -0.477 e. The normalized spacial score (nSPS) is 16.0. The van der Waals surface area contributed by atoms with Crippen LogP contribution in [0.2, 0.25) is 0 Å². The predicted molar refractivity (Wildman–Crippen MR) is 46.5 cm³/mol. The number of H-pyrrole nitrogens is 1. The van der Waals surface area contributed by atoms with E-state index in [1.54, 1.807) is 0 Å². The molecule has 1 aromatic heterocycles. The van der Waals surface area contributed by atoms with Gasteiger partial charge in [-0.3, -0.25) is 9.55 Å². The number of carbonyl (C=O) groups is 1. The molecule has 1 aliphatic heterocycles. The second-order valence-corrected chi connectivity index (χ2v) is 3.07. The Morgan fingerprint density at radius 2 is 2.29 bits per heavy atom. The molecule has 14 heavy (non-hydrogen) atoms. The number of imidazole rings is 1. The molecule has 0 atom stereocenters. The zero-order valence-corrected chi connectivity index (χ0v) is 7.45. The molecule has 6 heteroatoms. The minimum atomic E-state index is -1.10. The van der Waals surface area contributed by atoms with Gasteiger partial charge in [-0.1, -0.05) is 0 Å². The first-order valence-corrected chi connectivity index (χ1v) is 4.33. The zero-order chi connectivity index (χ0) is 10.1. The molecule has 2 heterocycles. The fraction of sp³-hybridized carbons (Fsp3) is 0.500. The predicted octanol–water partition coefficient (Wildman–Crippen LogP) is -0.553. The highest BCUT2D eigenvalue weighted by Crippen LogP contribution is 2.08. The van der Waals surface area contributed by atoms with E-state index >= 15 is 0 Å². The number of nitrogens with zero attached hydrogens (tertiary/aromatic N) is 1. The van der Waals surface area contributed by atoms with Crippen molar-refractivity contribution >= 4 is 5.97 Å². The topological polar surface area (TPSA) is 84.3 Å². The third kappa shape index (κ3) is 1.33. The molecule has 0 aliphatic carbocycles. The van der Waals surface area contributed by atoms with Gasteiger partial charge >= 0.3 is 11.7 Å². The molecule has 6 nitrogen and oxygen atoms in total. The number of ether oxygens (including phenoxy) is 1. The molecule has 0 bridgehead atoms. The van der Waals surface area contributed by atoms with Crippen LogP contribution in [0.3, 0.4) is 0 Å². The van der Waals surface area contributed by atoms with Crippen LogP contribution in [0.15, 0.2) is 4.79 Å². The third-order valence-electron chi connectivity index (χ3n) is 2.25. The van der Waals surface area contributed by atoms with Gasteiger partial charge in [-0.05, 0) is 0 Å². The maximum Gasteiger partial charge on any atom is 0.354 e. The average molecular weight is 198 g/mol. The maximum absolute atomic E-state index is 11.3. The summed E-state index contributed by atoms with van der Waals surface area (Å²) in [4.78, 5) is 24.4. The Balaban J connectivity index is 2.55. The lowest BCUT2D eigenvalue weighted by atomic mass is 10.2. The number of hydrogen-bond acceptors (Lipinski definition) is 3.